The quantitative estimate of drug-likeness (QED) is 0.754. The van der Waals surface area contributed by atoms with Crippen molar-refractivity contribution in [1.82, 2.24) is 4.90 Å². The van der Waals surface area contributed by atoms with E-state index in [9.17, 15) is 18.0 Å². The molecule has 0 radical (unpaired) electrons. The van der Waals surface area contributed by atoms with Gasteiger partial charge in [-0.15, -0.1) is 0 Å². The summed E-state index contributed by atoms with van der Waals surface area (Å²) in [4.78, 5) is 13.0. The maximum Gasteiger partial charge on any atom is 0.416 e. The van der Waals surface area contributed by atoms with Crippen LogP contribution in [0.3, 0.4) is 0 Å². The third kappa shape index (κ3) is 5.21. The van der Waals surface area contributed by atoms with Gasteiger partial charge in [0.1, 0.15) is 0 Å². The predicted octanol–water partition coefficient (Wildman–Crippen LogP) is 3.09. The Morgan fingerprint density at radius 1 is 1.35 bits per heavy atom. The molecule has 0 fully saturated rings. The molecular weight excluding hydrogens is 271 g/mol. The van der Waals surface area contributed by atoms with E-state index >= 15 is 0 Å². The number of ether oxygens (including phenoxy) is 1. The van der Waals surface area contributed by atoms with Crippen LogP contribution in [0.4, 0.5) is 13.2 Å². The number of hydrogen-bond acceptors (Lipinski definition) is 3. The first-order chi connectivity index (χ1) is 9.36. The van der Waals surface area contributed by atoms with Crippen LogP contribution in [0.5, 0.6) is 0 Å². The maximum absolute atomic E-state index is 12.6. The number of benzene rings is 1. The van der Waals surface area contributed by atoms with E-state index in [2.05, 4.69) is 4.74 Å². The first kappa shape index (κ1) is 16.5. The van der Waals surface area contributed by atoms with Crippen molar-refractivity contribution in [2.45, 2.75) is 26.1 Å². The van der Waals surface area contributed by atoms with Gasteiger partial charge in [-0.25, -0.2) is 0 Å². The van der Waals surface area contributed by atoms with Crippen molar-refractivity contribution in [1.29, 1.82) is 0 Å². The smallest absolute Gasteiger partial charge is 0.416 e. The molecule has 6 heteroatoms. The molecule has 0 aliphatic carbocycles. The SMILES string of the molecule is CCN(CCC(=O)OC)Cc1cccc(C(F)(F)F)c1. The summed E-state index contributed by atoms with van der Waals surface area (Å²) in [5.74, 6) is -0.326. The van der Waals surface area contributed by atoms with Gasteiger partial charge in [-0.3, -0.25) is 9.69 Å². The number of alkyl halides is 3. The Hall–Kier alpha value is -1.56. The van der Waals surface area contributed by atoms with Crippen molar-refractivity contribution in [3.63, 3.8) is 0 Å². The molecule has 0 aliphatic heterocycles. The highest BCUT2D eigenvalue weighted by molar-refractivity contribution is 5.69. The Bertz CT molecular complexity index is 446. The van der Waals surface area contributed by atoms with Crippen LogP contribution in [0, 0.1) is 0 Å². The molecular formula is C14H18F3NO2. The highest BCUT2D eigenvalue weighted by Crippen LogP contribution is 2.29. The molecule has 0 amide bonds. The highest BCUT2D eigenvalue weighted by Gasteiger charge is 2.30. The molecule has 3 nitrogen and oxygen atoms in total. The van der Waals surface area contributed by atoms with Gasteiger partial charge in [0.2, 0.25) is 0 Å². The number of carbonyl (C=O) groups is 1. The van der Waals surface area contributed by atoms with Crippen molar-refractivity contribution >= 4 is 5.97 Å². The van der Waals surface area contributed by atoms with Crippen molar-refractivity contribution in [3.8, 4) is 0 Å². The molecule has 0 spiro atoms. The molecule has 0 heterocycles. The Balaban J connectivity index is 2.68. The zero-order valence-electron chi connectivity index (χ0n) is 11.5. The summed E-state index contributed by atoms with van der Waals surface area (Å²) in [6.45, 7) is 3.37. The first-order valence-corrected chi connectivity index (χ1v) is 6.32. The second-order valence-corrected chi connectivity index (χ2v) is 4.39. The van der Waals surface area contributed by atoms with Crippen molar-refractivity contribution in [2.75, 3.05) is 20.2 Å². The minimum atomic E-state index is -4.33. The number of rotatable bonds is 6. The lowest BCUT2D eigenvalue weighted by Gasteiger charge is -2.20. The number of hydrogen-bond donors (Lipinski definition) is 0. The van der Waals surface area contributed by atoms with E-state index in [1.54, 1.807) is 6.07 Å². The Labute approximate surface area is 116 Å². The molecule has 0 aromatic heterocycles. The molecule has 1 aromatic rings. The second-order valence-electron chi connectivity index (χ2n) is 4.39. The van der Waals surface area contributed by atoms with E-state index < -0.39 is 11.7 Å². The van der Waals surface area contributed by atoms with E-state index in [4.69, 9.17) is 0 Å². The zero-order valence-corrected chi connectivity index (χ0v) is 11.5. The van der Waals surface area contributed by atoms with Gasteiger partial charge < -0.3 is 4.74 Å². The van der Waals surface area contributed by atoms with Crippen LogP contribution in [0.1, 0.15) is 24.5 Å². The van der Waals surface area contributed by atoms with Gasteiger partial charge in [0, 0.05) is 13.1 Å². The summed E-state index contributed by atoms with van der Waals surface area (Å²) < 4.78 is 42.4. The summed E-state index contributed by atoms with van der Waals surface area (Å²) in [6, 6.07) is 5.23. The molecule has 0 saturated carbocycles. The molecule has 0 saturated heterocycles. The van der Waals surface area contributed by atoms with Gasteiger partial charge in [0.05, 0.1) is 19.1 Å². The Morgan fingerprint density at radius 2 is 2.05 bits per heavy atom. The van der Waals surface area contributed by atoms with Crippen LogP contribution in [0.25, 0.3) is 0 Å². The van der Waals surface area contributed by atoms with E-state index in [0.717, 1.165) is 12.1 Å². The first-order valence-electron chi connectivity index (χ1n) is 6.32. The molecule has 20 heavy (non-hydrogen) atoms. The molecule has 1 aromatic carbocycles. The van der Waals surface area contributed by atoms with Crippen molar-refractivity contribution < 1.29 is 22.7 Å². The van der Waals surface area contributed by atoms with Crippen LogP contribution in [0.15, 0.2) is 24.3 Å². The predicted molar refractivity (Wildman–Crippen MR) is 69.0 cm³/mol. The number of nitrogens with zero attached hydrogens (tertiary/aromatic N) is 1. The van der Waals surface area contributed by atoms with Crippen LogP contribution in [0.2, 0.25) is 0 Å². The monoisotopic (exact) mass is 289 g/mol. The normalized spacial score (nSPS) is 11.7. The lowest BCUT2D eigenvalue weighted by atomic mass is 10.1. The topological polar surface area (TPSA) is 29.5 Å². The second kappa shape index (κ2) is 7.28. The van der Waals surface area contributed by atoms with E-state index in [0.29, 0.717) is 25.2 Å². The molecule has 1 rings (SSSR count). The molecule has 0 bridgehead atoms. The largest absolute Gasteiger partial charge is 0.469 e. The third-order valence-corrected chi connectivity index (χ3v) is 2.97. The summed E-state index contributed by atoms with van der Waals surface area (Å²) in [6.07, 6.45) is -4.11. The van der Waals surface area contributed by atoms with Crippen molar-refractivity contribution in [3.05, 3.63) is 35.4 Å². The lowest BCUT2D eigenvalue weighted by molar-refractivity contribution is -0.141. The van der Waals surface area contributed by atoms with Gasteiger partial charge in [-0.1, -0.05) is 25.1 Å². The van der Waals surface area contributed by atoms with Crippen molar-refractivity contribution in [2.24, 2.45) is 0 Å². The Kier molecular flexibility index (Phi) is 6.01. The van der Waals surface area contributed by atoms with Gasteiger partial charge in [0.25, 0.3) is 0 Å². The fourth-order valence-corrected chi connectivity index (χ4v) is 1.80. The van der Waals surface area contributed by atoms with Gasteiger partial charge in [0.15, 0.2) is 0 Å². The number of halogens is 3. The minimum Gasteiger partial charge on any atom is -0.469 e. The van der Waals surface area contributed by atoms with Gasteiger partial charge in [-0.2, -0.15) is 13.2 Å². The van der Waals surface area contributed by atoms with Gasteiger partial charge >= 0.3 is 12.1 Å². The summed E-state index contributed by atoms with van der Waals surface area (Å²) in [5.41, 5.74) is -0.0782. The third-order valence-electron chi connectivity index (χ3n) is 2.97. The zero-order chi connectivity index (χ0) is 15.2. The number of carbonyl (C=O) groups excluding carboxylic acids is 1. The van der Waals surface area contributed by atoms with Crippen LogP contribution in [-0.4, -0.2) is 31.1 Å². The number of esters is 1. The molecule has 0 atom stereocenters. The van der Waals surface area contributed by atoms with E-state index in [1.807, 2.05) is 11.8 Å². The fourth-order valence-electron chi connectivity index (χ4n) is 1.80. The van der Waals surface area contributed by atoms with Crippen LogP contribution >= 0.6 is 0 Å². The molecule has 0 unspecified atom stereocenters. The molecule has 0 aliphatic rings. The molecule has 0 N–H and O–H groups in total. The standard InChI is InChI=1S/C14H18F3NO2/c1-3-18(8-7-13(19)20-2)10-11-5-4-6-12(9-11)14(15,16)17/h4-6,9H,3,7-8,10H2,1-2H3. The summed E-state index contributed by atoms with van der Waals surface area (Å²) >= 11 is 0. The van der Waals surface area contributed by atoms with Crippen LogP contribution < -0.4 is 0 Å². The van der Waals surface area contributed by atoms with E-state index in [1.165, 1.54) is 13.2 Å². The minimum absolute atomic E-state index is 0.225. The lowest BCUT2D eigenvalue weighted by Crippen LogP contribution is -2.26. The average molecular weight is 289 g/mol. The number of methoxy groups -OCH3 is 1. The average Bonchev–Trinajstić information content (AvgIpc) is 2.42. The van der Waals surface area contributed by atoms with E-state index in [-0.39, 0.29) is 12.4 Å². The highest BCUT2D eigenvalue weighted by atomic mass is 19.4. The molecule has 112 valence electrons. The maximum atomic E-state index is 12.6. The summed E-state index contributed by atoms with van der Waals surface area (Å²) in [5, 5.41) is 0. The van der Waals surface area contributed by atoms with Gasteiger partial charge in [-0.05, 0) is 18.2 Å². The van der Waals surface area contributed by atoms with Crippen LogP contribution in [-0.2, 0) is 22.3 Å². The Morgan fingerprint density at radius 3 is 2.60 bits per heavy atom. The summed E-state index contributed by atoms with van der Waals surface area (Å²) in [7, 11) is 1.31. The fraction of sp³-hybridized carbons (Fsp3) is 0.500.